The van der Waals surface area contributed by atoms with Crippen molar-refractivity contribution in [1.82, 2.24) is 9.97 Å². The Balaban J connectivity index is 3.31. The topological polar surface area (TPSA) is 51.8 Å². The number of nitrogen functional groups attached to an aromatic ring is 1. The van der Waals surface area contributed by atoms with Crippen molar-refractivity contribution in [2.45, 2.75) is 13.8 Å². The normalized spacial score (nSPS) is 9.90. The molecule has 0 fully saturated rings. The van der Waals surface area contributed by atoms with E-state index in [1.54, 1.807) is 13.8 Å². The van der Waals surface area contributed by atoms with E-state index in [1.807, 2.05) is 0 Å². The van der Waals surface area contributed by atoms with E-state index in [2.05, 4.69) is 9.97 Å². The van der Waals surface area contributed by atoms with Crippen molar-refractivity contribution >= 4 is 5.95 Å². The maximum atomic E-state index is 12.6. The maximum absolute atomic E-state index is 12.6. The summed E-state index contributed by atoms with van der Waals surface area (Å²) in [6, 6.07) is 0. The number of aromatic nitrogens is 2. The molecular formula is C6H8FN3. The molecule has 0 bridgehead atoms. The Bertz CT molecular complexity index is 236. The third-order valence-electron chi connectivity index (χ3n) is 1.35. The average molecular weight is 141 g/mol. The molecule has 2 N–H and O–H groups in total. The van der Waals surface area contributed by atoms with Gasteiger partial charge in [-0.05, 0) is 13.8 Å². The monoisotopic (exact) mass is 141 g/mol. The second-order valence-corrected chi connectivity index (χ2v) is 2.08. The number of hydrogen-bond acceptors (Lipinski definition) is 3. The predicted octanol–water partition coefficient (Wildman–Crippen LogP) is 0.815. The van der Waals surface area contributed by atoms with Crippen molar-refractivity contribution < 1.29 is 4.39 Å². The van der Waals surface area contributed by atoms with Crippen molar-refractivity contribution in [1.29, 1.82) is 0 Å². The van der Waals surface area contributed by atoms with Gasteiger partial charge in [0.25, 0.3) is 0 Å². The highest BCUT2D eigenvalue weighted by Crippen LogP contribution is 2.07. The summed E-state index contributed by atoms with van der Waals surface area (Å²) in [4.78, 5) is 7.09. The molecule has 4 heteroatoms. The van der Waals surface area contributed by atoms with Gasteiger partial charge in [0.2, 0.25) is 11.9 Å². The molecule has 0 aliphatic heterocycles. The van der Waals surface area contributed by atoms with Crippen LogP contribution >= 0.6 is 0 Å². The summed E-state index contributed by atoms with van der Waals surface area (Å²) >= 11 is 0. The van der Waals surface area contributed by atoms with Crippen LogP contribution in [0.3, 0.4) is 0 Å². The lowest BCUT2D eigenvalue weighted by molar-refractivity contribution is 0.570. The number of nitrogens with zero attached hydrogens (tertiary/aromatic N) is 2. The van der Waals surface area contributed by atoms with Crippen LogP contribution in [-0.4, -0.2) is 9.97 Å². The third kappa shape index (κ3) is 1.05. The zero-order valence-corrected chi connectivity index (χ0v) is 5.85. The van der Waals surface area contributed by atoms with Gasteiger partial charge in [-0.2, -0.15) is 9.37 Å². The molecule has 0 amide bonds. The highest BCUT2D eigenvalue weighted by atomic mass is 19.1. The minimum Gasteiger partial charge on any atom is -0.368 e. The van der Waals surface area contributed by atoms with Crippen molar-refractivity contribution in [3.8, 4) is 0 Å². The first kappa shape index (κ1) is 6.92. The quantitative estimate of drug-likeness (QED) is 0.544. The highest BCUT2D eigenvalue weighted by Gasteiger charge is 2.03. The number of hydrogen-bond donors (Lipinski definition) is 1. The van der Waals surface area contributed by atoms with Gasteiger partial charge in [-0.15, -0.1) is 0 Å². The van der Waals surface area contributed by atoms with Crippen molar-refractivity contribution in [3.63, 3.8) is 0 Å². The van der Waals surface area contributed by atoms with Crippen molar-refractivity contribution in [2.24, 2.45) is 0 Å². The Morgan fingerprint density at radius 3 is 2.40 bits per heavy atom. The Hall–Kier alpha value is -1.19. The van der Waals surface area contributed by atoms with Gasteiger partial charge in [-0.3, -0.25) is 0 Å². The number of halogens is 1. The first-order valence-corrected chi connectivity index (χ1v) is 2.87. The van der Waals surface area contributed by atoms with E-state index >= 15 is 0 Å². The molecule has 0 atom stereocenters. The number of nitrogens with two attached hydrogens (primary N) is 1. The average Bonchev–Trinajstić information content (AvgIpc) is 1.82. The highest BCUT2D eigenvalue weighted by molar-refractivity contribution is 5.23. The van der Waals surface area contributed by atoms with Crippen LogP contribution in [0.15, 0.2) is 0 Å². The fourth-order valence-electron chi connectivity index (χ4n) is 0.614. The lowest BCUT2D eigenvalue weighted by atomic mass is 10.3. The molecule has 3 nitrogen and oxygen atoms in total. The molecule has 1 aromatic rings. The molecule has 0 aliphatic rings. The molecule has 1 heterocycles. The summed E-state index contributed by atoms with van der Waals surface area (Å²) in [5.74, 6) is -0.550. The van der Waals surface area contributed by atoms with Crippen LogP contribution in [0.4, 0.5) is 10.3 Å². The smallest absolute Gasteiger partial charge is 0.222 e. The van der Waals surface area contributed by atoms with Gasteiger partial charge < -0.3 is 5.73 Å². The molecule has 1 aromatic heterocycles. The van der Waals surface area contributed by atoms with Crippen LogP contribution in [0.2, 0.25) is 0 Å². The molecule has 54 valence electrons. The van der Waals surface area contributed by atoms with Gasteiger partial charge in [0.05, 0.1) is 0 Å². The Labute approximate surface area is 58.1 Å². The molecule has 10 heavy (non-hydrogen) atoms. The fraction of sp³-hybridized carbons (Fsp3) is 0.333. The van der Waals surface area contributed by atoms with Crippen LogP contribution in [-0.2, 0) is 0 Å². The largest absolute Gasteiger partial charge is 0.368 e. The second kappa shape index (κ2) is 2.21. The van der Waals surface area contributed by atoms with Crippen LogP contribution in [0.25, 0.3) is 0 Å². The zero-order chi connectivity index (χ0) is 7.72. The van der Waals surface area contributed by atoms with Gasteiger partial charge >= 0.3 is 0 Å². The molecule has 0 unspecified atom stereocenters. The van der Waals surface area contributed by atoms with Crippen molar-refractivity contribution in [3.05, 3.63) is 17.2 Å². The standard InChI is InChI=1S/C6H8FN3/c1-3-4(2)9-6(8)10-5(3)7/h1-2H3,(H2,8,9,10). The zero-order valence-electron chi connectivity index (χ0n) is 5.85. The Morgan fingerprint density at radius 1 is 1.30 bits per heavy atom. The van der Waals surface area contributed by atoms with Crippen LogP contribution in [0, 0.1) is 19.8 Å². The molecule has 0 saturated carbocycles. The minimum atomic E-state index is -0.537. The molecule has 1 rings (SSSR count). The summed E-state index contributed by atoms with van der Waals surface area (Å²) < 4.78 is 12.6. The first-order valence-electron chi connectivity index (χ1n) is 2.87. The molecule has 0 aliphatic carbocycles. The molecule has 0 spiro atoms. The van der Waals surface area contributed by atoms with Gasteiger partial charge in [-0.25, -0.2) is 4.98 Å². The van der Waals surface area contributed by atoms with E-state index in [0.717, 1.165) is 0 Å². The number of aryl methyl sites for hydroxylation is 1. The summed E-state index contributed by atoms with van der Waals surface area (Å²) in [5, 5.41) is 0. The third-order valence-corrected chi connectivity index (χ3v) is 1.35. The summed E-state index contributed by atoms with van der Waals surface area (Å²) in [6.45, 7) is 3.31. The van der Waals surface area contributed by atoms with E-state index in [1.165, 1.54) is 0 Å². The Kier molecular flexibility index (Phi) is 1.53. The number of anilines is 1. The lowest BCUT2D eigenvalue weighted by Crippen LogP contribution is -2.02. The van der Waals surface area contributed by atoms with Gasteiger partial charge in [-0.1, -0.05) is 0 Å². The van der Waals surface area contributed by atoms with Gasteiger partial charge in [0, 0.05) is 11.3 Å². The first-order chi connectivity index (χ1) is 4.61. The maximum Gasteiger partial charge on any atom is 0.222 e. The summed E-state index contributed by atoms with van der Waals surface area (Å²) in [7, 11) is 0. The Morgan fingerprint density at radius 2 is 1.90 bits per heavy atom. The molecule has 0 aromatic carbocycles. The summed E-state index contributed by atoms with van der Waals surface area (Å²) in [6.07, 6.45) is 0. The molecular weight excluding hydrogens is 133 g/mol. The van der Waals surface area contributed by atoms with Crippen LogP contribution in [0.5, 0.6) is 0 Å². The van der Waals surface area contributed by atoms with Gasteiger partial charge in [0.15, 0.2) is 0 Å². The lowest BCUT2D eigenvalue weighted by Gasteiger charge is -1.99. The summed E-state index contributed by atoms with van der Waals surface area (Å²) in [5.41, 5.74) is 6.21. The van der Waals surface area contributed by atoms with Crippen LogP contribution < -0.4 is 5.73 Å². The van der Waals surface area contributed by atoms with E-state index in [9.17, 15) is 4.39 Å². The minimum absolute atomic E-state index is 0.0133. The second-order valence-electron chi connectivity index (χ2n) is 2.08. The van der Waals surface area contributed by atoms with Crippen LogP contribution in [0.1, 0.15) is 11.3 Å². The van der Waals surface area contributed by atoms with Crippen molar-refractivity contribution in [2.75, 3.05) is 5.73 Å². The van der Waals surface area contributed by atoms with E-state index in [0.29, 0.717) is 11.3 Å². The predicted molar refractivity (Wildman–Crippen MR) is 35.9 cm³/mol. The number of rotatable bonds is 0. The van der Waals surface area contributed by atoms with E-state index in [4.69, 9.17) is 5.73 Å². The fourth-order valence-corrected chi connectivity index (χ4v) is 0.614. The SMILES string of the molecule is Cc1nc(N)nc(F)c1C. The molecule has 0 radical (unpaired) electrons. The molecule has 0 saturated heterocycles. The van der Waals surface area contributed by atoms with E-state index < -0.39 is 5.95 Å². The van der Waals surface area contributed by atoms with E-state index in [-0.39, 0.29) is 5.95 Å². The van der Waals surface area contributed by atoms with Gasteiger partial charge in [0.1, 0.15) is 0 Å².